The van der Waals surface area contributed by atoms with Crippen LogP contribution in [0.15, 0.2) is 18.2 Å². The van der Waals surface area contributed by atoms with Gasteiger partial charge in [-0.1, -0.05) is 18.9 Å². The predicted molar refractivity (Wildman–Crippen MR) is 76.7 cm³/mol. The zero-order valence-electron chi connectivity index (χ0n) is 11.7. The highest BCUT2D eigenvalue weighted by atomic mass is 16.5. The second-order valence-electron chi connectivity index (χ2n) is 6.55. The Bertz CT molecular complexity index is 494. The summed E-state index contributed by atoms with van der Waals surface area (Å²) in [6, 6.07) is 7.52. The number of methoxy groups -OCH3 is 1. The average Bonchev–Trinajstić information content (AvgIpc) is 2.46. The van der Waals surface area contributed by atoms with E-state index in [1.807, 2.05) is 0 Å². The van der Waals surface area contributed by atoms with E-state index < -0.39 is 0 Å². The van der Waals surface area contributed by atoms with Gasteiger partial charge in [-0.25, -0.2) is 0 Å². The van der Waals surface area contributed by atoms with Crippen LogP contribution < -0.4 is 10.1 Å². The number of rotatable bonds is 1. The summed E-state index contributed by atoms with van der Waals surface area (Å²) >= 11 is 0. The molecule has 3 aliphatic rings. The second kappa shape index (κ2) is 4.24. The van der Waals surface area contributed by atoms with Crippen LogP contribution in [0, 0.1) is 5.92 Å². The summed E-state index contributed by atoms with van der Waals surface area (Å²) in [5.74, 6) is 1.89. The van der Waals surface area contributed by atoms with E-state index in [0.29, 0.717) is 11.5 Å². The molecule has 1 heterocycles. The molecular formula is C17H23NO. The first-order valence-electron chi connectivity index (χ1n) is 7.74. The van der Waals surface area contributed by atoms with Crippen molar-refractivity contribution in [1.82, 2.24) is 5.32 Å². The SMILES string of the molecule is COc1ccc2c(c1)CC1NCCC23CCCCC13. The monoisotopic (exact) mass is 257 g/mol. The third-order valence-corrected chi connectivity index (χ3v) is 5.85. The molecule has 2 nitrogen and oxygen atoms in total. The van der Waals surface area contributed by atoms with Gasteiger partial charge in [0.15, 0.2) is 0 Å². The Morgan fingerprint density at radius 2 is 2.21 bits per heavy atom. The second-order valence-corrected chi connectivity index (χ2v) is 6.55. The average molecular weight is 257 g/mol. The summed E-state index contributed by atoms with van der Waals surface area (Å²) in [6.07, 6.45) is 8.18. The van der Waals surface area contributed by atoms with E-state index in [1.54, 1.807) is 12.7 Å². The molecule has 2 bridgehead atoms. The minimum absolute atomic E-state index is 0.480. The smallest absolute Gasteiger partial charge is 0.119 e. The van der Waals surface area contributed by atoms with Gasteiger partial charge in [0, 0.05) is 11.5 Å². The van der Waals surface area contributed by atoms with Gasteiger partial charge in [0.1, 0.15) is 5.75 Å². The molecule has 19 heavy (non-hydrogen) atoms. The molecule has 0 amide bonds. The Hall–Kier alpha value is -1.02. The predicted octanol–water partition coefficient (Wildman–Crippen LogP) is 3.04. The van der Waals surface area contributed by atoms with E-state index in [0.717, 1.165) is 11.7 Å². The van der Waals surface area contributed by atoms with Crippen LogP contribution in [-0.2, 0) is 11.8 Å². The van der Waals surface area contributed by atoms with Crippen LogP contribution in [0.25, 0.3) is 0 Å². The van der Waals surface area contributed by atoms with E-state index in [2.05, 4.69) is 23.5 Å². The molecule has 2 aliphatic carbocycles. The van der Waals surface area contributed by atoms with Crippen LogP contribution in [-0.4, -0.2) is 19.7 Å². The van der Waals surface area contributed by atoms with Gasteiger partial charge in [0.05, 0.1) is 7.11 Å². The lowest BCUT2D eigenvalue weighted by atomic mass is 9.53. The van der Waals surface area contributed by atoms with E-state index >= 15 is 0 Å². The van der Waals surface area contributed by atoms with E-state index in [1.165, 1.54) is 50.6 Å². The Kier molecular flexibility index (Phi) is 2.63. The molecule has 1 saturated carbocycles. The molecule has 0 radical (unpaired) electrons. The van der Waals surface area contributed by atoms with Crippen molar-refractivity contribution in [1.29, 1.82) is 0 Å². The molecule has 2 heteroatoms. The van der Waals surface area contributed by atoms with Crippen LogP contribution in [0.3, 0.4) is 0 Å². The van der Waals surface area contributed by atoms with E-state index in [9.17, 15) is 0 Å². The van der Waals surface area contributed by atoms with Crippen molar-refractivity contribution in [2.45, 2.75) is 50.0 Å². The van der Waals surface area contributed by atoms with Crippen LogP contribution in [0.4, 0.5) is 0 Å². The van der Waals surface area contributed by atoms with Gasteiger partial charge in [-0.15, -0.1) is 0 Å². The maximum Gasteiger partial charge on any atom is 0.119 e. The first-order valence-corrected chi connectivity index (χ1v) is 7.74. The van der Waals surface area contributed by atoms with Crippen LogP contribution in [0.1, 0.15) is 43.2 Å². The lowest BCUT2D eigenvalue weighted by Crippen LogP contribution is -2.59. The molecule has 102 valence electrons. The normalized spacial score (nSPS) is 36.3. The van der Waals surface area contributed by atoms with Gasteiger partial charge in [-0.2, -0.15) is 0 Å². The number of nitrogens with one attached hydrogen (secondary N) is 1. The zero-order valence-corrected chi connectivity index (χ0v) is 11.7. The largest absolute Gasteiger partial charge is 0.497 e. The molecule has 2 fully saturated rings. The Morgan fingerprint density at radius 3 is 3.11 bits per heavy atom. The molecule has 1 N–H and O–H groups in total. The molecule has 0 aromatic heterocycles. The van der Waals surface area contributed by atoms with Crippen molar-refractivity contribution >= 4 is 0 Å². The van der Waals surface area contributed by atoms with Gasteiger partial charge < -0.3 is 10.1 Å². The Morgan fingerprint density at radius 1 is 1.26 bits per heavy atom. The van der Waals surface area contributed by atoms with E-state index in [-0.39, 0.29) is 0 Å². The first-order chi connectivity index (χ1) is 9.33. The summed E-state index contributed by atoms with van der Waals surface area (Å²) in [4.78, 5) is 0. The maximum atomic E-state index is 5.42. The van der Waals surface area contributed by atoms with Gasteiger partial charge in [0.2, 0.25) is 0 Å². The minimum Gasteiger partial charge on any atom is -0.497 e. The lowest BCUT2D eigenvalue weighted by molar-refractivity contribution is 0.0796. The Labute approximate surface area is 115 Å². The number of ether oxygens (including phenoxy) is 1. The third kappa shape index (κ3) is 1.59. The van der Waals surface area contributed by atoms with Crippen molar-refractivity contribution in [3.05, 3.63) is 29.3 Å². The third-order valence-electron chi connectivity index (χ3n) is 5.85. The van der Waals surface area contributed by atoms with Gasteiger partial charge >= 0.3 is 0 Å². The van der Waals surface area contributed by atoms with Crippen molar-refractivity contribution in [3.63, 3.8) is 0 Å². The van der Waals surface area contributed by atoms with Crippen molar-refractivity contribution in [2.75, 3.05) is 13.7 Å². The highest BCUT2D eigenvalue weighted by Crippen LogP contribution is 2.54. The number of piperidine rings is 1. The van der Waals surface area contributed by atoms with Crippen LogP contribution in [0.5, 0.6) is 5.75 Å². The van der Waals surface area contributed by atoms with Crippen molar-refractivity contribution < 1.29 is 4.74 Å². The van der Waals surface area contributed by atoms with Crippen LogP contribution >= 0.6 is 0 Å². The number of fused-ring (bicyclic) bond motifs is 1. The molecular weight excluding hydrogens is 234 g/mol. The molecule has 1 saturated heterocycles. The number of hydrogen-bond acceptors (Lipinski definition) is 2. The van der Waals surface area contributed by atoms with Gasteiger partial charge in [-0.05, 0) is 61.4 Å². The summed E-state index contributed by atoms with van der Waals surface area (Å²) in [7, 11) is 1.77. The summed E-state index contributed by atoms with van der Waals surface area (Å²) in [6.45, 7) is 1.20. The molecule has 3 unspecified atom stereocenters. The van der Waals surface area contributed by atoms with Crippen LogP contribution in [0.2, 0.25) is 0 Å². The minimum atomic E-state index is 0.480. The lowest BCUT2D eigenvalue weighted by Gasteiger charge is -2.56. The molecule has 4 rings (SSSR count). The standard InChI is InChI=1S/C17H23NO/c1-19-13-5-6-14-12(10-13)11-16-15-4-2-3-7-17(14,15)8-9-18-16/h5-6,10,15-16,18H,2-4,7-9,11H2,1H3. The topological polar surface area (TPSA) is 21.3 Å². The van der Waals surface area contributed by atoms with Gasteiger partial charge in [0.25, 0.3) is 0 Å². The summed E-state index contributed by atoms with van der Waals surface area (Å²) < 4.78 is 5.42. The highest BCUT2D eigenvalue weighted by molar-refractivity contribution is 5.45. The zero-order chi connectivity index (χ0) is 12.9. The highest BCUT2D eigenvalue weighted by Gasteiger charge is 2.51. The quantitative estimate of drug-likeness (QED) is 0.835. The van der Waals surface area contributed by atoms with E-state index in [4.69, 9.17) is 4.74 Å². The summed E-state index contributed by atoms with van der Waals surface area (Å²) in [5, 5.41) is 3.78. The molecule has 1 aromatic rings. The summed E-state index contributed by atoms with van der Waals surface area (Å²) in [5.41, 5.74) is 3.67. The molecule has 1 aromatic carbocycles. The number of benzene rings is 1. The fourth-order valence-corrected chi connectivity index (χ4v) is 5.06. The molecule has 3 atom stereocenters. The molecule has 1 aliphatic heterocycles. The fraction of sp³-hybridized carbons (Fsp3) is 0.647. The Balaban J connectivity index is 1.86. The van der Waals surface area contributed by atoms with Crippen molar-refractivity contribution in [2.24, 2.45) is 5.92 Å². The maximum absolute atomic E-state index is 5.42. The molecule has 0 spiro atoms. The van der Waals surface area contributed by atoms with Gasteiger partial charge in [-0.3, -0.25) is 0 Å². The first kappa shape index (κ1) is 11.8. The van der Waals surface area contributed by atoms with Crippen molar-refractivity contribution in [3.8, 4) is 5.75 Å². The fourth-order valence-electron chi connectivity index (χ4n) is 5.06. The number of hydrogen-bond donors (Lipinski definition) is 1.